The Balaban J connectivity index is 1.51. The predicted molar refractivity (Wildman–Crippen MR) is 112 cm³/mol. The fourth-order valence-corrected chi connectivity index (χ4v) is 4.43. The molecule has 0 saturated carbocycles. The van der Waals surface area contributed by atoms with Gasteiger partial charge in [0.05, 0.1) is 0 Å². The van der Waals surface area contributed by atoms with Gasteiger partial charge >= 0.3 is 0 Å². The van der Waals surface area contributed by atoms with Gasteiger partial charge < -0.3 is 29.2 Å². The molecule has 0 unspecified atom stereocenters. The summed E-state index contributed by atoms with van der Waals surface area (Å²) in [4.78, 5) is 0. The molecule has 0 amide bonds. The lowest BCUT2D eigenvalue weighted by molar-refractivity contribution is 0.173. The Kier molecular flexibility index (Phi) is 6.97. The maximum Gasteiger partial charge on any atom is 0.231 e. The van der Waals surface area contributed by atoms with E-state index in [4.69, 9.17) is 18.9 Å². The molecule has 2 aromatic rings. The average molecular weight is 414 g/mol. The molecule has 0 radical (unpaired) electrons. The monoisotopic (exact) mass is 414 g/mol. The number of unbranched alkanes of at least 4 members (excludes halogenated alkanes) is 1. The largest absolute Gasteiger partial charge is 0.454 e. The van der Waals surface area contributed by atoms with E-state index < -0.39 is 0 Å². The topological polar surface area (TPSA) is 77.4 Å². The number of hydrogen-bond acceptors (Lipinski definition) is 6. The SMILES string of the molecule is OCCCC[C@H](Cc1ccc2c(c1)OCO2)[C@H](CCO)Cc1ccc2c(c1)OCO2. The zero-order valence-corrected chi connectivity index (χ0v) is 17.2. The van der Waals surface area contributed by atoms with Gasteiger partial charge in [-0.05, 0) is 79.3 Å². The van der Waals surface area contributed by atoms with E-state index in [1.165, 1.54) is 11.1 Å². The summed E-state index contributed by atoms with van der Waals surface area (Å²) < 4.78 is 21.9. The van der Waals surface area contributed by atoms with Crippen molar-refractivity contribution in [1.82, 2.24) is 0 Å². The summed E-state index contributed by atoms with van der Waals surface area (Å²) in [6.07, 6.45) is 5.28. The average Bonchev–Trinajstić information content (AvgIpc) is 3.41. The van der Waals surface area contributed by atoms with E-state index in [2.05, 4.69) is 24.3 Å². The first kappa shape index (κ1) is 20.8. The van der Waals surface area contributed by atoms with Gasteiger partial charge in [0.2, 0.25) is 13.6 Å². The van der Waals surface area contributed by atoms with Gasteiger partial charge in [-0.25, -0.2) is 0 Å². The summed E-state index contributed by atoms with van der Waals surface area (Å²) in [6, 6.07) is 12.2. The summed E-state index contributed by atoms with van der Waals surface area (Å²) in [5, 5.41) is 19.0. The third kappa shape index (κ3) is 4.99. The minimum absolute atomic E-state index is 0.160. The van der Waals surface area contributed by atoms with Crippen molar-refractivity contribution in [3.8, 4) is 23.0 Å². The Hall–Kier alpha value is -2.44. The summed E-state index contributed by atoms with van der Waals surface area (Å²) in [7, 11) is 0. The first-order valence-electron chi connectivity index (χ1n) is 10.8. The number of rotatable bonds is 11. The number of aliphatic hydroxyl groups is 2. The number of aliphatic hydroxyl groups excluding tert-OH is 2. The van der Waals surface area contributed by atoms with Gasteiger partial charge in [-0.1, -0.05) is 18.6 Å². The van der Waals surface area contributed by atoms with E-state index in [9.17, 15) is 10.2 Å². The molecule has 30 heavy (non-hydrogen) atoms. The van der Waals surface area contributed by atoms with Crippen molar-refractivity contribution in [1.29, 1.82) is 0 Å². The lowest BCUT2D eigenvalue weighted by atomic mass is 9.78. The van der Waals surface area contributed by atoms with Gasteiger partial charge in [-0.3, -0.25) is 0 Å². The molecule has 6 heteroatoms. The van der Waals surface area contributed by atoms with Crippen LogP contribution in [0.25, 0.3) is 0 Å². The van der Waals surface area contributed by atoms with Crippen molar-refractivity contribution in [2.75, 3.05) is 26.8 Å². The molecule has 162 valence electrons. The molecule has 2 aliphatic rings. The first-order valence-corrected chi connectivity index (χ1v) is 10.8. The zero-order chi connectivity index (χ0) is 20.8. The molecule has 2 heterocycles. The molecular formula is C24H30O6. The van der Waals surface area contributed by atoms with Crippen LogP contribution in [-0.4, -0.2) is 37.0 Å². The van der Waals surface area contributed by atoms with Crippen LogP contribution >= 0.6 is 0 Å². The van der Waals surface area contributed by atoms with Crippen molar-refractivity contribution >= 4 is 0 Å². The van der Waals surface area contributed by atoms with Crippen LogP contribution in [0.2, 0.25) is 0 Å². The van der Waals surface area contributed by atoms with Crippen molar-refractivity contribution in [3.05, 3.63) is 47.5 Å². The first-order chi connectivity index (χ1) is 14.8. The fourth-order valence-electron chi connectivity index (χ4n) is 4.43. The van der Waals surface area contributed by atoms with Gasteiger partial charge in [0.25, 0.3) is 0 Å². The highest BCUT2D eigenvalue weighted by Crippen LogP contribution is 2.37. The summed E-state index contributed by atoms with van der Waals surface area (Å²) in [5.74, 6) is 3.88. The quantitative estimate of drug-likeness (QED) is 0.546. The molecule has 4 rings (SSSR count). The molecule has 2 N–H and O–H groups in total. The lowest BCUT2D eigenvalue weighted by Gasteiger charge is -2.27. The number of fused-ring (bicyclic) bond motifs is 2. The molecule has 2 atom stereocenters. The van der Waals surface area contributed by atoms with Crippen LogP contribution in [0.3, 0.4) is 0 Å². The predicted octanol–water partition coefficient (Wildman–Crippen LogP) is 3.71. The molecule has 0 fully saturated rings. The van der Waals surface area contributed by atoms with Crippen molar-refractivity contribution in [3.63, 3.8) is 0 Å². The van der Waals surface area contributed by atoms with E-state index in [0.29, 0.717) is 11.8 Å². The maximum atomic E-state index is 9.76. The van der Waals surface area contributed by atoms with E-state index in [1.807, 2.05) is 12.1 Å². The molecule has 2 aromatic carbocycles. The maximum absolute atomic E-state index is 9.76. The lowest BCUT2D eigenvalue weighted by Crippen LogP contribution is -2.21. The fraction of sp³-hybridized carbons (Fsp3) is 0.500. The van der Waals surface area contributed by atoms with E-state index >= 15 is 0 Å². The molecule has 0 spiro atoms. The van der Waals surface area contributed by atoms with Crippen LogP contribution in [0.1, 0.15) is 36.8 Å². The molecule has 6 nitrogen and oxygen atoms in total. The molecular weight excluding hydrogens is 384 g/mol. The zero-order valence-electron chi connectivity index (χ0n) is 17.2. The summed E-state index contributed by atoms with van der Waals surface area (Å²) in [5.41, 5.74) is 2.40. The van der Waals surface area contributed by atoms with Crippen LogP contribution in [-0.2, 0) is 12.8 Å². The Morgan fingerprint density at radius 3 is 1.70 bits per heavy atom. The highest BCUT2D eigenvalue weighted by Gasteiger charge is 2.24. The van der Waals surface area contributed by atoms with Crippen molar-refractivity contribution in [2.45, 2.75) is 38.5 Å². The Bertz CT molecular complexity index is 836. The third-order valence-electron chi connectivity index (χ3n) is 6.02. The molecule has 0 aliphatic carbocycles. The standard InChI is InChI=1S/C24H30O6/c25-9-2-1-3-19(11-17-4-6-21-23(13-17)29-15-27-21)20(8-10-26)12-18-5-7-22-24(14-18)30-16-28-22/h4-7,13-14,19-20,25-26H,1-3,8-12,15-16H2/t19-,20-/m1/s1. The second kappa shape index (κ2) is 10.0. The second-order valence-electron chi connectivity index (χ2n) is 8.04. The highest BCUT2D eigenvalue weighted by molar-refractivity contribution is 5.45. The minimum Gasteiger partial charge on any atom is -0.454 e. The Labute approximate surface area is 177 Å². The Morgan fingerprint density at radius 2 is 1.17 bits per heavy atom. The highest BCUT2D eigenvalue weighted by atomic mass is 16.7. The van der Waals surface area contributed by atoms with Crippen LogP contribution in [0, 0.1) is 11.8 Å². The minimum atomic E-state index is 0.160. The molecule has 0 bridgehead atoms. The molecule has 0 saturated heterocycles. The van der Waals surface area contributed by atoms with Crippen molar-refractivity contribution in [2.24, 2.45) is 11.8 Å². The normalized spacial score (nSPS) is 15.9. The number of benzene rings is 2. The molecule has 2 aliphatic heterocycles. The number of hydrogen-bond donors (Lipinski definition) is 2. The summed E-state index contributed by atoms with van der Waals surface area (Å²) in [6.45, 7) is 0.916. The van der Waals surface area contributed by atoms with Gasteiger partial charge in [-0.15, -0.1) is 0 Å². The van der Waals surface area contributed by atoms with Crippen LogP contribution in [0.5, 0.6) is 23.0 Å². The van der Waals surface area contributed by atoms with Crippen LogP contribution in [0.4, 0.5) is 0 Å². The van der Waals surface area contributed by atoms with Gasteiger partial charge in [0.15, 0.2) is 23.0 Å². The summed E-state index contributed by atoms with van der Waals surface area (Å²) >= 11 is 0. The second-order valence-corrected chi connectivity index (χ2v) is 8.04. The van der Waals surface area contributed by atoms with E-state index in [1.54, 1.807) is 0 Å². The van der Waals surface area contributed by atoms with Crippen molar-refractivity contribution < 1.29 is 29.2 Å². The van der Waals surface area contributed by atoms with Crippen LogP contribution < -0.4 is 18.9 Å². The van der Waals surface area contributed by atoms with E-state index in [-0.39, 0.29) is 26.8 Å². The van der Waals surface area contributed by atoms with Gasteiger partial charge in [-0.2, -0.15) is 0 Å². The van der Waals surface area contributed by atoms with E-state index in [0.717, 1.165) is 61.5 Å². The Morgan fingerprint density at radius 1 is 0.633 bits per heavy atom. The molecule has 0 aromatic heterocycles. The van der Waals surface area contributed by atoms with Gasteiger partial charge in [0, 0.05) is 13.2 Å². The van der Waals surface area contributed by atoms with Crippen LogP contribution in [0.15, 0.2) is 36.4 Å². The van der Waals surface area contributed by atoms with Gasteiger partial charge in [0.1, 0.15) is 0 Å². The third-order valence-corrected chi connectivity index (χ3v) is 6.02. The smallest absolute Gasteiger partial charge is 0.231 e. The number of ether oxygens (including phenoxy) is 4.